The van der Waals surface area contributed by atoms with E-state index in [0.717, 1.165) is 12.1 Å². The summed E-state index contributed by atoms with van der Waals surface area (Å²) in [6.07, 6.45) is 5.10. The van der Waals surface area contributed by atoms with Gasteiger partial charge in [-0.05, 0) is 50.2 Å². The molecule has 0 saturated heterocycles. The summed E-state index contributed by atoms with van der Waals surface area (Å²) in [4.78, 5) is 0. The van der Waals surface area contributed by atoms with Crippen molar-refractivity contribution < 1.29 is 0 Å². The first-order valence-electron chi connectivity index (χ1n) is 7.45. The molecule has 0 aliphatic heterocycles. The van der Waals surface area contributed by atoms with Crippen LogP contribution in [0.15, 0.2) is 18.5 Å². The molecule has 2 heterocycles. The number of nitrogens with zero attached hydrogens (tertiary/aromatic N) is 3. The normalized spacial score (nSPS) is 13.4. The third kappa shape index (κ3) is 2.58. The molecule has 0 bridgehead atoms. The van der Waals surface area contributed by atoms with Gasteiger partial charge in [0.1, 0.15) is 0 Å². The maximum Gasteiger partial charge on any atom is 0.163 e. The number of aromatic nitrogens is 3. The van der Waals surface area contributed by atoms with Crippen LogP contribution in [0, 0.1) is 18.3 Å². The van der Waals surface area contributed by atoms with Gasteiger partial charge in [-0.2, -0.15) is 5.10 Å². The largest absolute Gasteiger partial charge is 0.325 e. The van der Waals surface area contributed by atoms with Crippen molar-refractivity contribution in [1.29, 1.82) is 0 Å². The fourth-order valence-corrected chi connectivity index (χ4v) is 3.00. The Kier molecular flexibility index (Phi) is 3.66. The average molecular weight is 273 g/mol. The molecule has 0 amide bonds. The Morgan fingerprint density at radius 1 is 1.20 bits per heavy atom. The Bertz CT molecular complexity index is 606. The van der Waals surface area contributed by atoms with Gasteiger partial charge in [0.15, 0.2) is 5.65 Å². The molecule has 2 aromatic rings. The molecule has 0 atom stereocenters. The Morgan fingerprint density at radius 2 is 1.85 bits per heavy atom. The molecule has 0 unspecified atom stereocenters. The highest BCUT2D eigenvalue weighted by Gasteiger charge is 2.33. The molecule has 0 N–H and O–H groups in total. The number of fused-ring (bicyclic) bond motifs is 1. The van der Waals surface area contributed by atoms with Crippen molar-refractivity contribution in [2.75, 3.05) is 0 Å². The molecular formula is C17H27N3. The molecule has 0 fully saturated rings. The van der Waals surface area contributed by atoms with E-state index in [9.17, 15) is 0 Å². The van der Waals surface area contributed by atoms with Gasteiger partial charge in [0.25, 0.3) is 0 Å². The highest BCUT2D eigenvalue weighted by Crippen LogP contribution is 2.39. The quantitative estimate of drug-likeness (QED) is 0.818. The SMILES string of the molecule is Cc1cn(C(C)(C)CC(C)(C)C(C)C)c2nnccc12. The Balaban J connectivity index is 2.47. The van der Waals surface area contributed by atoms with E-state index >= 15 is 0 Å². The van der Waals surface area contributed by atoms with Gasteiger partial charge in [-0.15, -0.1) is 5.10 Å². The average Bonchev–Trinajstić information content (AvgIpc) is 2.67. The smallest absolute Gasteiger partial charge is 0.163 e. The zero-order valence-electron chi connectivity index (χ0n) is 13.9. The molecule has 3 heteroatoms. The molecule has 2 rings (SSSR count). The number of rotatable bonds is 4. The van der Waals surface area contributed by atoms with Crippen LogP contribution >= 0.6 is 0 Å². The second kappa shape index (κ2) is 4.87. The summed E-state index contributed by atoms with van der Waals surface area (Å²) in [5.74, 6) is 0.649. The molecule has 0 aliphatic rings. The van der Waals surface area contributed by atoms with Crippen molar-refractivity contribution in [3.8, 4) is 0 Å². The van der Waals surface area contributed by atoms with Crippen LogP contribution < -0.4 is 0 Å². The van der Waals surface area contributed by atoms with Crippen LogP contribution in [0.3, 0.4) is 0 Å². The van der Waals surface area contributed by atoms with E-state index in [4.69, 9.17) is 0 Å². The van der Waals surface area contributed by atoms with Crippen LogP contribution in [-0.4, -0.2) is 14.8 Å². The van der Waals surface area contributed by atoms with Gasteiger partial charge < -0.3 is 4.57 Å². The minimum absolute atomic E-state index is 0.0241. The zero-order valence-corrected chi connectivity index (χ0v) is 13.9. The van der Waals surface area contributed by atoms with Crippen LogP contribution in [0.4, 0.5) is 0 Å². The van der Waals surface area contributed by atoms with Crippen molar-refractivity contribution in [1.82, 2.24) is 14.8 Å². The van der Waals surface area contributed by atoms with Crippen molar-refractivity contribution in [3.63, 3.8) is 0 Å². The molecule has 2 aromatic heterocycles. The minimum Gasteiger partial charge on any atom is -0.325 e. The van der Waals surface area contributed by atoms with Gasteiger partial charge >= 0.3 is 0 Å². The summed E-state index contributed by atoms with van der Waals surface area (Å²) >= 11 is 0. The van der Waals surface area contributed by atoms with Gasteiger partial charge in [0, 0.05) is 17.1 Å². The van der Waals surface area contributed by atoms with E-state index in [-0.39, 0.29) is 11.0 Å². The van der Waals surface area contributed by atoms with Crippen LogP contribution in [0.25, 0.3) is 11.0 Å². The maximum absolute atomic E-state index is 4.36. The van der Waals surface area contributed by atoms with Gasteiger partial charge in [-0.3, -0.25) is 0 Å². The Morgan fingerprint density at radius 3 is 2.45 bits per heavy atom. The van der Waals surface area contributed by atoms with Crippen molar-refractivity contribution in [3.05, 3.63) is 24.0 Å². The summed E-state index contributed by atoms with van der Waals surface area (Å²) < 4.78 is 2.30. The third-order valence-electron chi connectivity index (χ3n) is 4.78. The number of hydrogen-bond acceptors (Lipinski definition) is 2. The first kappa shape index (κ1) is 15.0. The van der Waals surface area contributed by atoms with E-state index in [1.54, 1.807) is 6.20 Å². The molecule has 0 radical (unpaired) electrons. The summed E-state index contributed by atoms with van der Waals surface area (Å²) in [6, 6.07) is 2.05. The summed E-state index contributed by atoms with van der Waals surface area (Å²) in [7, 11) is 0. The molecule has 3 nitrogen and oxygen atoms in total. The Labute approximate surface area is 122 Å². The zero-order chi connectivity index (χ0) is 15.1. The lowest BCUT2D eigenvalue weighted by atomic mass is 9.72. The van der Waals surface area contributed by atoms with Gasteiger partial charge in [-0.1, -0.05) is 27.7 Å². The van der Waals surface area contributed by atoms with E-state index in [2.05, 4.69) is 75.5 Å². The second-order valence-corrected chi connectivity index (χ2v) is 7.58. The molecule has 0 aliphatic carbocycles. The van der Waals surface area contributed by atoms with Gasteiger partial charge in [0.2, 0.25) is 0 Å². The second-order valence-electron chi connectivity index (χ2n) is 7.58. The van der Waals surface area contributed by atoms with Crippen LogP contribution in [0.1, 0.15) is 53.5 Å². The lowest BCUT2D eigenvalue weighted by molar-refractivity contribution is 0.146. The fraction of sp³-hybridized carbons (Fsp3) is 0.647. The van der Waals surface area contributed by atoms with Crippen molar-refractivity contribution in [2.45, 2.75) is 60.4 Å². The van der Waals surface area contributed by atoms with Crippen LogP contribution in [0.2, 0.25) is 0 Å². The molecule has 0 spiro atoms. The maximum atomic E-state index is 4.36. The molecular weight excluding hydrogens is 246 g/mol. The van der Waals surface area contributed by atoms with Crippen molar-refractivity contribution in [2.24, 2.45) is 11.3 Å². The predicted molar refractivity (Wildman–Crippen MR) is 84.8 cm³/mol. The number of aryl methyl sites for hydroxylation is 1. The Hall–Kier alpha value is -1.38. The predicted octanol–water partition coefficient (Wildman–Crippen LogP) is 4.55. The first-order chi connectivity index (χ1) is 9.15. The highest BCUT2D eigenvalue weighted by atomic mass is 15.2. The summed E-state index contributed by atoms with van der Waals surface area (Å²) in [6.45, 7) is 16.0. The molecule has 0 saturated carbocycles. The van der Waals surface area contributed by atoms with Gasteiger partial charge in [-0.25, -0.2) is 0 Å². The van der Waals surface area contributed by atoms with Crippen molar-refractivity contribution >= 4 is 11.0 Å². The summed E-state index contributed by atoms with van der Waals surface area (Å²) in [5, 5.41) is 9.62. The molecule has 0 aromatic carbocycles. The third-order valence-corrected chi connectivity index (χ3v) is 4.78. The van der Waals surface area contributed by atoms with E-state index < -0.39 is 0 Å². The molecule has 20 heavy (non-hydrogen) atoms. The van der Waals surface area contributed by atoms with Crippen LogP contribution in [0.5, 0.6) is 0 Å². The van der Waals surface area contributed by atoms with E-state index in [1.165, 1.54) is 10.9 Å². The van der Waals surface area contributed by atoms with E-state index in [0.29, 0.717) is 5.92 Å². The topological polar surface area (TPSA) is 30.7 Å². The lowest BCUT2D eigenvalue weighted by Gasteiger charge is -2.39. The standard InChI is InChI=1S/C17H27N3/c1-12(2)16(4,5)11-17(6,7)20-10-13(3)14-8-9-18-19-15(14)20/h8-10,12H,11H2,1-7H3. The lowest BCUT2D eigenvalue weighted by Crippen LogP contribution is -2.34. The molecule has 110 valence electrons. The fourth-order valence-electron chi connectivity index (χ4n) is 3.00. The van der Waals surface area contributed by atoms with Gasteiger partial charge in [0.05, 0.1) is 6.20 Å². The van der Waals surface area contributed by atoms with Crippen LogP contribution in [-0.2, 0) is 5.54 Å². The minimum atomic E-state index is 0.0241. The first-order valence-corrected chi connectivity index (χ1v) is 7.45. The number of hydrogen-bond donors (Lipinski definition) is 0. The summed E-state index contributed by atoms with van der Waals surface area (Å²) in [5.41, 5.74) is 2.58. The van der Waals surface area contributed by atoms with E-state index in [1.807, 2.05) is 0 Å². The highest BCUT2D eigenvalue weighted by molar-refractivity contribution is 5.79. The monoisotopic (exact) mass is 273 g/mol.